The van der Waals surface area contributed by atoms with Gasteiger partial charge in [-0.2, -0.15) is 4.31 Å². The van der Waals surface area contributed by atoms with Crippen LogP contribution in [-0.4, -0.2) is 57.5 Å². The van der Waals surface area contributed by atoms with Gasteiger partial charge in [0.25, 0.3) is 5.91 Å². The van der Waals surface area contributed by atoms with Crippen LogP contribution in [0.3, 0.4) is 0 Å². The summed E-state index contributed by atoms with van der Waals surface area (Å²) in [5.41, 5.74) is 0.948. The van der Waals surface area contributed by atoms with E-state index in [2.05, 4.69) is 5.32 Å². The number of piperidine rings is 1. The minimum Gasteiger partial charge on any atom is -0.486 e. The lowest BCUT2D eigenvalue weighted by molar-refractivity contribution is -0.153. The maximum absolute atomic E-state index is 13.0. The summed E-state index contributed by atoms with van der Waals surface area (Å²) >= 11 is 0. The van der Waals surface area contributed by atoms with Crippen molar-refractivity contribution in [2.24, 2.45) is 5.92 Å². The highest BCUT2D eigenvalue weighted by Gasteiger charge is 2.33. The average Bonchev–Trinajstić information content (AvgIpc) is 2.86. The maximum Gasteiger partial charge on any atom is 0.309 e. The molecule has 0 spiro atoms. The molecule has 0 aromatic heterocycles. The molecule has 2 aliphatic rings. The molecule has 2 aliphatic heterocycles. The van der Waals surface area contributed by atoms with Gasteiger partial charge in [0.2, 0.25) is 10.0 Å². The van der Waals surface area contributed by atoms with E-state index in [0.717, 1.165) is 5.56 Å². The van der Waals surface area contributed by atoms with Crippen molar-refractivity contribution in [1.29, 1.82) is 0 Å². The first-order valence-corrected chi connectivity index (χ1v) is 12.2. The number of hydrogen-bond donors (Lipinski definition) is 1. The molecule has 4 rings (SSSR count). The molecule has 10 heteroatoms. The van der Waals surface area contributed by atoms with Crippen LogP contribution >= 0.6 is 0 Å². The fourth-order valence-electron chi connectivity index (χ4n) is 3.77. The minimum absolute atomic E-state index is 0.128. The van der Waals surface area contributed by atoms with Crippen LogP contribution in [0.25, 0.3) is 0 Å². The van der Waals surface area contributed by atoms with Crippen molar-refractivity contribution in [3.05, 3.63) is 54.1 Å². The van der Waals surface area contributed by atoms with Gasteiger partial charge in [0.1, 0.15) is 13.2 Å². The van der Waals surface area contributed by atoms with E-state index in [1.807, 2.05) is 30.3 Å². The first-order chi connectivity index (χ1) is 15.9. The van der Waals surface area contributed by atoms with Crippen LogP contribution in [-0.2, 0) is 30.9 Å². The van der Waals surface area contributed by atoms with Gasteiger partial charge in [0.15, 0.2) is 18.1 Å². The number of nitrogens with one attached hydrogen (secondary N) is 1. The van der Waals surface area contributed by atoms with Crippen molar-refractivity contribution in [2.75, 3.05) is 32.9 Å². The highest BCUT2D eigenvalue weighted by molar-refractivity contribution is 7.89. The van der Waals surface area contributed by atoms with Gasteiger partial charge in [-0.1, -0.05) is 30.3 Å². The third-order valence-electron chi connectivity index (χ3n) is 5.62. The Hall–Kier alpha value is -3.11. The lowest BCUT2D eigenvalue weighted by atomic mass is 9.98. The highest BCUT2D eigenvalue weighted by atomic mass is 32.2. The summed E-state index contributed by atoms with van der Waals surface area (Å²) in [6.45, 7) is 1.17. The quantitative estimate of drug-likeness (QED) is 0.608. The Balaban J connectivity index is 1.25. The van der Waals surface area contributed by atoms with Gasteiger partial charge >= 0.3 is 5.97 Å². The zero-order valence-corrected chi connectivity index (χ0v) is 18.9. The molecule has 2 heterocycles. The monoisotopic (exact) mass is 474 g/mol. The number of carbonyl (C=O) groups is 2. The van der Waals surface area contributed by atoms with Crippen LogP contribution in [0.15, 0.2) is 53.4 Å². The summed E-state index contributed by atoms with van der Waals surface area (Å²) in [7, 11) is -3.72. The lowest BCUT2D eigenvalue weighted by Gasteiger charge is -2.30. The molecule has 1 fully saturated rings. The molecule has 1 saturated heterocycles. The molecule has 0 radical (unpaired) electrons. The molecule has 2 aromatic carbocycles. The van der Waals surface area contributed by atoms with Crippen LogP contribution < -0.4 is 14.8 Å². The smallest absolute Gasteiger partial charge is 0.309 e. The zero-order valence-electron chi connectivity index (χ0n) is 18.1. The largest absolute Gasteiger partial charge is 0.486 e. The van der Waals surface area contributed by atoms with Gasteiger partial charge < -0.3 is 19.5 Å². The van der Waals surface area contributed by atoms with Crippen LogP contribution in [0, 0.1) is 5.92 Å². The second-order valence-electron chi connectivity index (χ2n) is 7.85. The Morgan fingerprint density at radius 2 is 1.70 bits per heavy atom. The highest BCUT2D eigenvalue weighted by Crippen LogP contribution is 2.34. The summed E-state index contributed by atoms with van der Waals surface area (Å²) in [6, 6.07) is 14.0. The Morgan fingerprint density at radius 3 is 2.42 bits per heavy atom. The van der Waals surface area contributed by atoms with Crippen molar-refractivity contribution in [3.63, 3.8) is 0 Å². The molecule has 2 aromatic rings. The number of sulfonamides is 1. The van der Waals surface area contributed by atoms with E-state index in [0.29, 0.717) is 44.1 Å². The number of nitrogens with zero attached hydrogens (tertiary/aromatic N) is 1. The van der Waals surface area contributed by atoms with Gasteiger partial charge in [0.05, 0.1) is 10.8 Å². The van der Waals surface area contributed by atoms with Crippen LogP contribution in [0.1, 0.15) is 18.4 Å². The van der Waals surface area contributed by atoms with E-state index in [-0.39, 0.29) is 30.5 Å². The van der Waals surface area contributed by atoms with Crippen molar-refractivity contribution < 1.29 is 32.2 Å². The van der Waals surface area contributed by atoms with Crippen molar-refractivity contribution in [2.45, 2.75) is 24.3 Å². The molecule has 176 valence electrons. The molecule has 0 atom stereocenters. The zero-order chi connectivity index (χ0) is 23.3. The number of fused-ring (bicyclic) bond motifs is 1. The summed E-state index contributed by atoms with van der Waals surface area (Å²) in [4.78, 5) is 24.4. The van der Waals surface area contributed by atoms with Gasteiger partial charge in [-0.25, -0.2) is 8.42 Å². The van der Waals surface area contributed by atoms with Gasteiger partial charge in [0, 0.05) is 25.7 Å². The number of amides is 1. The lowest BCUT2D eigenvalue weighted by Crippen LogP contribution is -2.41. The molecule has 0 saturated carbocycles. The second-order valence-corrected chi connectivity index (χ2v) is 9.79. The van der Waals surface area contributed by atoms with Crippen LogP contribution in [0.2, 0.25) is 0 Å². The third-order valence-corrected chi connectivity index (χ3v) is 7.51. The molecule has 0 bridgehead atoms. The van der Waals surface area contributed by atoms with E-state index in [9.17, 15) is 18.0 Å². The Labute approximate surface area is 192 Å². The number of hydrogen-bond acceptors (Lipinski definition) is 7. The van der Waals surface area contributed by atoms with Gasteiger partial charge in [-0.05, 0) is 30.5 Å². The van der Waals surface area contributed by atoms with E-state index in [1.165, 1.54) is 16.4 Å². The fraction of sp³-hybridized carbons (Fsp3) is 0.391. The molecular weight excluding hydrogens is 448 g/mol. The van der Waals surface area contributed by atoms with Crippen molar-refractivity contribution >= 4 is 21.9 Å². The molecule has 0 unspecified atom stereocenters. The minimum atomic E-state index is -3.72. The van der Waals surface area contributed by atoms with Crippen molar-refractivity contribution in [3.8, 4) is 11.5 Å². The third kappa shape index (κ3) is 5.63. The first kappa shape index (κ1) is 23.1. The number of esters is 1. The second kappa shape index (κ2) is 10.2. The predicted octanol–water partition coefficient (Wildman–Crippen LogP) is 1.72. The summed E-state index contributed by atoms with van der Waals surface area (Å²) in [5.74, 6) is -0.383. The van der Waals surface area contributed by atoms with E-state index in [1.54, 1.807) is 6.07 Å². The fourth-order valence-corrected chi connectivity index (χ4v) is 5.25. The van der Waals surface area contributed by atoms with Gasteiger partial charge in [-0.3, -0.25) is 9.59 Å². The number of rotatable bonds is 7. The van der Waals surface area contributed by atoms with E-state index in [4.69, 9.17) is 14.2 Å². The molecule has 1 amide bonds. The van der Waals surface area contributed by atoms with E-state index >= 15 is 0 Å². The number of ether oxygens (including phenoxy) is 3. The molecular formula is C23H26N2O7S. The number of carbonyl (C=O) groups excluding carboxylic acids is 2. The standard InChI is InChI=1S/C23H26N2O7S/c26-22(24-15-17-4-2-1-3-5-17)16-32-23(27)18-8-10-25(11-9-18)33(28,29)19-6-7-20-21(14-19)31-13-12-30-20/h1-7,14,18H,8-13,15-16H2,(H,24,26). The van der Waals surface area contributed by atoms with Crippen LogP contribution in [0.4, 0.5) is 0 Å². The normalized spacial score (nSPS) is 16.7. The Kier molecular flexibility index (Phi) is 7.14. The SMILES string of the molecule is O=C(COC(=O)C1CCN(S(=O)(=O)c2ccc3c(c2)OCCO3)CC1)NCc1ccccc1. The molecule has 1 N–H and O–H groups in total. The summed E-state index contributed by atoms with van der Waals surface area (Å²) < 4.78 is 43.5. The molecule has 33 heavy (non-hydrogen) atoms. The average molecular weight is 475 g/mol. The first-order valence-electron chi connectivity index (χ1n) is 10.8. The molecule has 9 nitrogen and oxygen atoms in total. The maximum atomic E-state index is 13.0. The Morgan fingerprint density at radius 1 is 1.00 bits per heavy atom. The summed E-state index contributed by atoms with van der Waals surface area (Å²) in [5, 5.41) is 2.70. The topological polar surface area (TPSA) is 111 Å². The van der Waals surface area contributed by atoms with Crippen molar-refractivity contribution in [1.82, 2.24) is 9.62 Å². The molecule has 0 aliphatic carbocycles. The summed E-state index contributed by atoms with van der Waals surface area (Å²) in [6.07, 6.45) is 0.655. The van der Waals surface area contributed by atoms with Gasteiger partial charge in [-0.15, -0.1) is 0 Å². The predicted molar refractivity (Wildman–Crippen MR) is 118 cm³/mol. The van der Waals surface area contributed by atoms with E-state index < -0.39 is 21.9 Å². The number of benzene rings is 2. The Bertz CT molecular complexity index is 1100. The van der Waals surface area contributed by atoms with Crippen LogP contribution in [0.5, 0.6) is 11.5 Å².